The summed E-state index contributed by atoms with van der Waals surface area (Å²) in [5.74, 6) is 0.927. The maximum Gasteiger partial charge on any atom is 0.264 e. The fourth-order valence-corrected chi connectivity index (χ4v) is 3.80. The molecular formula is C15H18N2O2S. The molecular weight excluding hydrogens is 272 g/mol. The quantitative estimate of drug-likeness (QED) is 0.924. The molecule has 1 aliphatic heterocycles. The van der Waals surface area contributed by atoms with Gasteiger partial charge in [-0.05, 0) is 42.5 Å². The van der Waals surface area contributed by atoms with Gasteiger partial charge in [0, 0.05) is 23.8 Å². The first kappa shape index (κ1) is 13.4. The Morgan fingerprint density at radius 2 is 2.30 bits per heavy atom. The second-order valence-corrected chi connectivity index (χ2v) is 6.27. The van der Waals surface area contributed by atoms with Crippen LogP contribution >= 0.6 is 11.3 Å². The maximum absolute atomic E-state index is 12.6. The van der Waals surface area contributed by atoms with Crippen LogP contribution in [0.3, 0.4) is 0 Å². The zero-order chi connectivity index (χ0) is 14.3. The van der Waals surface area contributed by atoms with Gasteiger partial charge in [-0.2, -0.15) is 0 Å². The van der Waals surface area contributed by atoms with Crippen molar-refractivity contribution in [2.24, 2.45) is 5.73 Å². The fourth-order valence-electron chi connectivity index (χ4n) is 2.65. The van der Waals surface area contributed by atoms with E-state index in [0.29, 0.717) is 6.54 Å². The van der Waals surface area contributed by atoms with Gasteiger partial charge in [0.15, 0.2) is 0 Å². The van der Waals surface area contributed by atoms with Crippen molar-refractivity contribution in [2.45, 2.75) is 19.4 Å². The first-order valence-corrected chi connectivity index (χ1v) is 7.54. The van der Waals surface area contributed by atoms with Gasteiger partial charge in [-0.3, -0.25) is 4.79 Å². The Bertz CT molecular complexity index is 665. The third-order valence-electron chi connectivity index (χ3n) is 3.85. The van der Waals surface area contributed by atoms with Crippen molar-refractivity contribution in [1.82, 2.24) is 4.90 Å². The molecule has 0 spiro atoms. The van der Waals surface area contributed by atoms with E-state index in [4.69, 9.17) is 10.5 Å². The maximum atomic E-state index is 12.6. The summed E-state index contributed by atoms with van der Waals surface area (Å²) >= 11 is 1.55. The molecule has 2 N–H and O–H groups in total. The Morgan fingerprint density at radius 3 is 2.95 bits per heavy atom. The van der Waals surface area contributed by atoms with Crippen LogP contribution in [0.1, 0.15) is 21.7 Å². The van der Waals surface area contributed by atoms with Gasteiger partial charge in [0.2, 0.25) is 0 Å². The van der Waals surface area contributed by atoms with Crippen LogP contribution in [-0.4, -0.2) is 37.0 Å². The number of hydrogen-bond donors (Lipinski definition) is 1. The van der Waals surface area contributed by atoms with Crippen LogP contribution in [0, 0.1) is 6.92 Å². The van der Waals surface area contributed by atoms with E-state index in [1.165, 1.54) is 0 Å². The van der Waals surface area contributed by atoms with Gasteiger partial charge < -0.3 is 15.4 Å². The minimum atomic E-state index is 0.107. The van der Waals surface area contributed by atoms with Crippen LogP contribution in [-0.2, 0) is 0 Å². The summed E-state index contributed by atoms with van der Waals surface area (Å²) in [5, 5.41) is 1.10. The molecule has 1 fully saturated rings. The standard InChI is InChI=1S/C15H18N2O2S/c1-9-12-7-11(19-2)3-4-13(12)20-14(9)15(18)17-6-5-10(16)8-17/h3-4,7,10H,5-6,8,16H2,1-2H3. The second-order valence-electron chi connectivity index (χ2n) is 5.22. The van der Waals surface area contributed by atoms with Crippen molar-refractivity contribution in [3.8, 4) is 5.75 Å². The normalized spacial score (nSPS) is 18.8. The first-order chi connectivity index (χ1) is 9.60. The van der Waals surface area contributed by atoms with Gasteiger partial charge in [0.25, 0.3) is 5.91 Å². The lowest BCUT2D eigenvalue weighted by Crippen LogP contribution is -2.31. The number of aryl methyl sites for hydroxylation is 1. The van der Waals surface area contributed by atoms with Crippen molar-refractivity contribution in [3.05, 3.63) is 28.6 Å². The molecule has 1 aliphatic rings. The van der Waals surface area contributed by atoms with E-state index in [0.717, 1.165) is 39.2 Å². The number of thiophene rings is 1. The van der Waals surface area contributed by atoms with Crippen molar-refractivity contribution in [1.29, 1.82) is 0 Å². The SMILES string of the molecule is COc1ccc2sc(C(=O)N3CCC(N)C3)c(C)c2c1. The Morgan fingerprint density at radius 1 is 1.50 bits per heavy atom. The summed E-state index contributed by atoms with van der Waals surface area (Å²) in [6.45, 7) is 3.42. The first-order valence-electron chi connectivity index (χ1n) is 6.72. The van der Waals surface area contributed by atoms with E-state index >= 15 is 0 Å². The number of nitrogens with zero attached hydrogens (tertiary/aromatic N) is 1. The molecule has 0 saturated carbocycles. The molecule has 5 heteroatoms. The molecule has 0 aliphatic carbocycles. The van der Waals surface area contributed by atoms with E-state index < -0.39 is 0 Å². The average Bonchev–Trinajstić information content (AvgIpc) is 3.02. The molecule has 1 amide bonds. The summed E-state index contributed by atoms with van der Waals surface area (Å²) in [6, 6.07) is 6.05. The molecule has 3 rings (SSSR count). The minimum absolute atomic E-state index is 0.107. The van der Waals surface area contributed by atoms with Crippen LogP contribution in [0.5, 0.6) is 5.75 Å². The Kier molecular flexibility index (Phi) is 3.40. The van der Waals surface area contributed by atoms with E-state index in [1.54, 1.807) is 18.4 Å². The molecule has 106 valence electrons. The molecule has 1 atom stereocenters. The number of ether oxygens (including phenoxy) is 1. The van der Waals surface area contributed by atoms with Gasteiger partial charge >= 0.3 is 0 Å². The summed E-state index contributed by atoms with van der Waals surface area (Å²) in [5.41, 5.74) is 6.92. The largest absolute Gasteiger partial charge is 0.497 e. The highest BCUT2D eigenvalue weighted by atomic mass is 32.1. The highest BCUT2D eigenvalue weighted by Crippen LogP contribution is 2.34. The molecule has 0 radical (unpaired) electrons. The number of carbonyl (C=O) groups excluding carboxylic acids is 1. The molecule has 20 heavy (non-hydrogen) atoms. The lowest BCUT2D eigenvalue weighted by Gasteiger charge is -2.15. The van der Waals surface area contributed by atoms with Crippen molar-refractivity contribution >= 4 is 27.3 Å². The van der Waals surface area contributed by atoms with Gasteiger partial charge in [-0.15, -0.1) is 11.3 Å². The van der Waals surface area contributed by atoms with Crippen LogP contribution in [0.15, 0.2) is 18.2 Å². The van der Waals surface area contributed by atoms with Crippen LogP contribution < -0.4 is 10.5 Å². The summed E-state index contributed by atoms with van der Waals surface area (Å²) < 4.78 is 6.37. The summed E-state index contributed by atoms with van der Waals surface area (Å²) in [7, 11) is 1.65. The molecule has 2 aromatic rings. The minimum Gasteiger partial charge on any atom is -0.497 e. The smallest absolute Gasteiger partial charge is 0.264 e. The lowest BCUT2D eigenvalue weighted by molar-refractivity contribution is 0.0795. The number of rotatable bonds is 2. The van der Waals surface area contributed by atoms with Crippen molar-refractivity contribution in [2.75, 3.05) is 20.2 Å². The molecule has 1 aromatic heterocycles. The van der Waals surface area contributed by atoms with E-state index in [9.17, 15) is 4.79 Å². The molecule has 1 aromatic carbocycles. The number of carbonyl (C=O) groups is 1. The van der Waals surface area contributed by atoms with Gasteiger partial charge in [0.1, 0.15) is 5.75 Å². The highest BCUT2D eigenvalue weighted by molar-refractivity contribution is 7.21. The van der Waals surface area contributed by atoms with E-state index in [-0.39, 0.29) is 11.9 Å². The number of likely N-dealkylation sites (tertiary alicyclic amines) is 1. The number of nitrogens with two attached hydrogens (primary N) is 1. The van der Waals surface area contributed by atoms with Crippen LogP contribution in [0.2, 0.25) is 0 Å². The fraction of sp³-hybridized carbons (Fsp3) is 0.400. The van der Waals surface area contributed by atoms with Crippen LogP contribution in [0.4, 0.5) is 0 Å². The Labute approximate surface area is 122 Å². The Hall–Kier alpha value is -1.59. The van der Waals surface area contributed by atoms with E-state index in [1.807, 2.05) is 30.0 Å². The third-order valence-corrected chi connectivity index (χ3v) is 5.11. The topological polar surface area (TPSA) is 55.6 Å². The van der Waals surface area contributed by atoms with Crippen molar-refractivity contribution in [3.63, 3.8) is 0 Å². The van der Waals surface area contributed by atoms with Crippen molar-refractivity contribution < 1.29 is 9.53 Å². The number of benzene rings is 1. The Balaban J connectivity index is 1.99. The summed E-state index contributed by atoms with van der Waals surface area (Å²) in [4.78, 5) is 15.3. The van der Waals surface area contributed by atoms with E-state index in [2.05, 4.69) is 0 Å². The third kappa shape index (κ3) is 2.17. The zero-order valence-corrected chi connectivity index (χ0v) is 12.5. The number of methoxy groups -OCH3 is 1. The monoisotopic (exact) mass is 290 g/mol. The number of amides is 1. The molecule has 2 heterocycles. The second kappa shape index (κ2) is 5.07. The predicted molar refractivity (Wildman–Crippen MR) is 81.6 cm³/mol. The molecule has 1 saturated heterocycles. The number of fused-ring (bicyclic) bond motifs is 1. The lowest BCUT2D eigenvalue weighted by atomic mass is 10.1. The van der Waals surface area contributed by atoms with Gasteiger partial charge in [-0.25, -0.2) is 0 Å². The van der Waals surface area contributed by atoms with Gasteiger partial charge in [0.05, 0.1) is 12.0 Å². The average molecular weight is 290 g/mol. The summed E-state index contributed by atoms with van der Waals surface area (Å²) in [6.07, 6.45) is 0.892. The molecule has 4 nitrogen and oxygen atoms in total. The van der Waals surface area contributed by atoms with Gasteiger partial charge in [-0.1, -0.05) is 0 Å². The molecule has 0 bridgehead atoms. The zero-order valence-electron chi connectivity index (χ0n) is 11.7. The number of hydrogen-bond acceptors (Lipinski definition) is 4. The molecule has 1 unspecified atom stereocenters. The highest BCUT2D eigenvalue weighted by Gasteiger charge is 2.27. The predicted octanol–water partition coefficient (Wildman–Crippen LogP) is 2.39. The van der Waals surface area contributed by atoms with Crippen LogP contribution in [0.25, 0.3) is 10.1 Å².